The molecule has 0 saturated heterocycles. The molecule has 1 aromatic heterocycles. The van der Waals surface area contributed by atoms with E-state index >= 15 is 0 Å². The molecule has 0 bridgehead atoms. The fourth-order valence-corrected chi connectivity index (χ4v) is 3.52. The molecule has 0 fully saturated rings. The zero-order valence-corrected chi connectivity index (χ0v) is 13.6. The first kappa shape index (κ1) is 13.6. The minimum Gasteiger partial charge on any atom is -0.280 e. The number of fused-ring (bicyclic) bond motifs is 1. The van der Waals surface area contributed by atoms with E-state index in [0.29, 0.717) is 10.6 Å². The van der Waals surface area contributed by atoms with Crippen LogP contribution in [0.4, 0.5) is 0 Å². The number of para-hydroxylation sites is 1. The van der Waals surface area contributed by atoms with Gasteiger partial charge < -0.3 is 0 Å². The third-order valence-corrected chi connectivity index (χ3v) is 4.49. The van der Waals surface area contributed by atoms with Crippen LogP contribution in [0.5, 0.6) is 0 Å². The molecule has 3 aromatic rings. The number of carbonyl (C=O) groups excluding carboxylic acids is 1. The first-order valence-electron chi connectivity index (χ1n) is 6.15. The lowest BCUT2D eigenvalue weighted by atomic mass is 10.2. The highest BCUT2D eigenvalue weighted by Crippen LogP contribution is 2.26. The molecule has 0 amide bonds. The molecule has 0 aliphatic rings. The zero-order chi connectivity index (χ0) is 14.3. The Morgan fingerprint density at radius 1 is 1.15 bits per heavy atom. The van der Waals surface area contributed by atoms with Gasteiger partial charge in [0.15, 0.2) is 0 Å². The Balaban J connectivity index is 2.26. The Kier molecular flexibility index (Phi) is 3.56. The van der Waals surface area contributed by atoms with Crippen molar-refractivity contribution < 1.29 is 4.79 Å². The lowest BCUT2D eigenvalue weighted by Crippen LogP contribution is -2.15. The topological polar surface area (TPSA) is 22.0 Å². The first-order chi connectivity index (χ1) is 9.59. The van der Waals surface area contributed by atoms with Crippen LogP contribution in [0, 0.1) is 10.5 Å². The molecule has 0 unspecified atom stereocenters. The van der Waals surface area contributed by atoms with Crippen LogP contribution in [0.25, 0.3) is 10.9 Å². The molecule has 1 heterocycles. The summed E-state index contributed by atoms with van der Waals surface area (Å²) in [6, 6.07) is 15.4. The maximum atomic E-state index is 12.9. The number of hydrogen-bond donors (Lipinski definition) is 0. The van der Waals surface area contributed by atoms with Crippen LogP contribution < -0.4 is 0 Å². The van der Waals surface area contributed by atoms with E-state index in [0.717, 1.165) is 20.2 Å². The van der Waals surface area contributed by atoms with E-state index in [1.807, 2.05) is 49.4 Å². The molecule has 0 aliphatic carbocycles. The van der Waals surface area contributed by atoms with Crippen molar-refractivity contribution in [1.29, 1.82) is 0 Å². The van der Waals surface area contributed by atoms with Crippen LogP contribution in [-0.2, 0) is 0 Å². The fourth-order valence-electron chi connectivity index (χ4n) is 2.38. The van der Waals surface area contributed by atoms with Gasteiger partial charge in [-0.05, 0) is 53.8 Å². The van der Waals surface area contributed by atoms with E-state index < -0.39 is 0 Å². The van der Waals surface area contributed by atoms with Gasteiger partial charge in [-0.3, -0.25) is 9.36 Å². The number of nitrogens with zero attached hydrogens (tertiary/aromatic N) is 1. The van der Waals surface area contributed by atoms with Crippen LogP contribution in [0.3, 0.4) is 0 Å². The van der Waals surface area contributed by atoms with Crippen molar-refractivity contribution in [3.8, 4) is 0 Å². The molecule has 2 aromatic carbocycles. The average Bonchev–Trinajstić information content (AvgIpc) is 2.74. The molecular weight excluding hydrogens is 385 g/mol. The summed E-state index contributed by atoms with van der Waals surface area (Å²) in [5.74, 6) is -0.0845. The Hall–Kier alpha value is -1.33. The van der Waals surface area contributed by atoms with Crippen LogP contribution >= 0.6 is 34.2 Å². The minimum absolute atomic E-state index is 0.0845. The number of rotatable bonds is 1. The van der Waals surface area contributed by atoms with E-state index in [-0.39, 0.29) is 5.91 Å². The lowest BCUT2D eigenvalue weighted by Gasteiger charge is -2.10. The maximum Gasteiger partial charge on any atom is 0.265 e. The van der Waals surface area contributed by atoms with Crippen LogP contribution in [0.15, 0.2) is 48.5 Å². The van der Waals surface area contributed by atoms with Gasteiger partial charge in [-0.25, -0.2) is 0 Å². The summed E-state index contributed by atoms with van der Waals surface area (Å²) in [7, 11) is 0. The lowest BCUT2D eigenvalue weighted by molar-refractivity contribution is 0.0962. The van der Waals surface area contributed by atoms with Gasteiger partial charge in [-0.2, -0.15) is 0 Å². The zero-order valence-electron chi connectivity index (χ0n) is 10.7. The summed E-state index contributed by atoms with van der Waals surface area (Å²) in [4.78, 5) is 12.9. The van der Waals surface area contributed by atoms with Gasteiger partial charge in [0.25, 0.3) is 5.91 Å². The quantitative estimate of drug-likeness (QED) is 0.537. The minimum atomic E-state index is -0.0845. The van der Waals surface area contributed by atoms with E-state index in [4.69, 9.17) is 11.6 Å². The smallest absolute Gasteiger partial charge is 0.265 e. The SMILES string of the molecule is Cc1cc2ccccc2n1C(=O)c1c(Cl)cccc1I. The molecule has 0 N–H and O–H groups in total. The summed E-state index contributed by atoms with van der Waals surface area (Å²) in [5, 5.41) is 1.54. The Morgan fingerprint density at radius 2 is 1.90 bits per heavy atom. The number of benzene rings is 2. The van der Waals surface area contributed by atoms with Crippen molar-refractivity contribution in [2.75, 3.05) is 0 Å². The highest BCUT2D eigenvalue weighted by Gasteiger charge is 2.19. The second kappa shape index (κ2) is 5.22. The number of aromatic nitrogens is 1. The van der Waals surface area contributed by atoms with Crippen LogP contribution in [0.1, 0.15) is 16.1 Å². The van der Waals surface area contributed by atoms with Gasteiger partial charge in [0.1, 0.15) is 0 Å². The van der Waals surface area contributed by atoms with Gasteiger partial charge in [-0.15, -0.1) is 0 Å². The van der Waals surface area contributed by atoms with Gasteiger partial charge in [0.05, 0.1) is 16.1 Å². The van der Waals surface area contributed by atoms with Crippen molar-refractivity contribution in [2.24, 2.45) is 0 Å². The number of aryl methyl sites for hydroxylation is 1. The molecular formula is C16H11ClINO. The summed E-state index contributed by atoms with van der Waals surface area (Å²) in [6.45, 7) is 1.93. The molecule has 0 radical (unpaired) electrons. The summed E-state index contributed by atoms with van der Waals surface area (Å²) in [5.41, 5.74) is 2.37. The fraction of sp³-hybridized carbons (Fsp3) is 0.0625. The van der Waals surface area contributed by atoms with Crippen LogP contribution in [0.2, 0.25) is 5.02 Å². The highest BCUT2D eigenvalue weighted by atomic mass is 127. The number of halogens is 2. The van der Waals surface area contributed by atoms with E-state index in [1.165, 1.54) is 0 Å². The first-order valence-corrected chi connectivity index (χ1v) is 7.61. The Morgan fingerprint density at radius 3 is 2.65 bits per heavy atom. The summed E-state index contributed by atoms with van der Waals surface area (Å²) < 4.78 is 2.58. The molecule has 0 saturated carbocycles. The highest BCUT2D eigenvalue weighted by molar-refractivity contribution is 14.1. The molecule has 2 nitrogen and oxygen atoms in total. The van der Waals surface area contributed by atoms with Crippen LogP contribution in [-0.4, -0.2) is 10.5 Å². The van der Waals surface area contributed by atoms with Crippen molar-refractivity contribution in [3.05, 3.63) is 68.4 Å². The summed E-state index contributed by atoms with van der Waals surface area (Å²) >= 11 is 8.35. The molecule has 20 heavy (non-hydrogen) atoms. The Labute approximate surface area is 135 Å². The van der Waals surface area contributed by atoms with Gasteiger partial charge >= 0.3 is 0 Å². The van der Waals surface area contributed by atoms with Gasteiger partial charge in [0.2, 0.25) is 0 Å². The number of carbonyl (C=O) groups is 1. The predicted octanol–water partition coefficient (Wildman–Crippen LogP) is 4.90. The Bertz CT molecular complexity index is 802. The third-order valence-electron chi connectivity index (χ3n) is 3.27. The molecule has 100 valence electrons. The van der Waals surface area contributed by atoms with E-state index in [1.54, 1.807) is 10.6 Å². The molecule has 0 atom stereocenters. The third kappa shape index (κ3) is 2.15. The maximum absolute atomic E-state index is 12.9. The standard InChI is InChI=1S/C16H11ClINO/c1-10-9-11-5-2-3-8-14(11)19(10)16(20)15-12(17)6-4-7-13(15)18/h2-9H,1H3. The molecule has 0 aliphatic heterocycles. The van der Waals surface area contributed by atoms with Gasteiger partial charge in [-0.1, -0.05) is 35.9 Å². The van der Waals surface area contributed by atoms with Crippen molar-refractivity contribution in [1.82, 2.24) is 4.57 Å². The normalized spacial score (nSPS) is 10.9. The average molecular weight is 396 g/mol. The number of hydrogen-bond acceptors (Lipinski definition) is 1. The van der Waals surface area contributed by atoms with Crippen molar-refractivity contribution >= 4 is 51.0 Å². The van der Waals surface area contributed by atoms with Gasteiger partial charge in [0, 0.05) is 14.7 Å². The van der Waals surface area contributed by atoms with E-state index in [2.05, 4.69) is 22.6 Å². The second-order valence-electron chi connectivity index (χ2n) is 4.58. The largest absolute Gasteiger partial charge is 0.280 e. The summed E-state index contributed by atoms with van der Waals surface area (Å²) in [6.07, 6.45) is 0. The van der Waals surface area contributed by atoms with E-state index in [9.17, 15) is 4.79 Å². The van der Waals surface area contributed by atoms with Crippen molar-refractivity contribution in [3.63, 3.8) is 0 Å². The molecule has 4 heteroatoms. The molecule has 0 spiro atoms. The monoisotopic (exact) mass is 395 g/mol. The molecule has 3 rings (SSSR count). The predicted molar refractivity (Wildman–Crippen MR) is 90.6 cm³/mol. The second-order valence-corrected chi connectivity index (χ2v) is 6.15. The van der Waals surface area contributed by atoms with Crippen molar-refractivity contribution in [2.45, 2.75) is 6.92 Å².